The monoisotopic (exact) mass is 531 g/mol. The minimum Gasteiger partial charge on any atom is -0.493 e. The Balaban J connectivity index is 1.27. The number of aromatic nitrogens is 1. The Morgan fingerprint density at radius 3 is 2.08 bits per heavy atom. The van der Waals surface area contributed by atoms with Gasteiger partial charge in [0.1, 0.15) is 10.7 Å². The van der Waals surface area contributed by atoms with Crippen LogP contribution in [-0.2, 0) is 5.41 Å². The molecule has 4 saturated carbocycles. The lowest BCUT2D eigenvalue weighted by atomic mass is 9.48. The Labute approximate surface area is 228 Å². The number of nitrogens with zero attached hydrogens (tertiary/aromatic N) is 1. The highest BCUT2D eigenvalue weighted by Crippen LogP contribution is 2.61. The summed E-state index contributed by atoms with van der Waals surface area (Å²) in [5.74, 6) is 3.54. The van der Waals surface area contributed by atoms with Gasteiger partial charge in [0.2, 0.25) is 5.75 Å². The fourth-order valence-corrected chi connectivity index (χ4v) is 7.80. The fourth-order valence-electron chi connectivity index (χ4n) is 7.63. The molecule has 4 aliphatic rings. The number of thiocarbonyl (C=S) groups is 1. The summed E-state index contributed by atoms with van der Waals surface area (Å²) in [4.78, 5) is 18.4. The molecule has 1 amide bonds. The lowest BCUT2D eigenvalue weighted by molar-refractivity contribution is -0.00454. The quantitative estimate of drug-likeness (QED) is 0.328. The molecule has 1 heterocycles. The van der Waals surface area contributed by atoms with Gasteiger partial charge in [0.25, 0.3) is 5.91 Å². The maximum Gasteiger partial charge on any atom is 0.288 e. The molecule has 2 N–H and O–H groups in total. The van der Waals surface area contributed by atoms with Crippen molar-refractivity contribution in [3.63, 3.8) is 0 Å². The molecule has 7 nitrogen and oxygen atoms in total. The first-order chi connectivity index (χ1) is 18.4. The average Bonchev–Trinajstić information content (AvgIpc) is 2.93. The van der Waals surface area contributed by atoms with Crippen LogP contribution < -0.4 is 25.1 Å². The second kappa shape index (κ2) is 9.73. The summed E-state index contributed by atoms with van der Waals surface area (Å²) in [7, 11) is 4.64. The van der Waals surface area contributed by atoms with E-state index in [2.05, 4.69) is 23.0 Å². The van der Waals surface area contributed by atoms with Crippen molar-refractivity contribution in [1.29, 1.82) is 0 Å². The van der Waals surface area contributed by atoms with E-state index in [0.29, 0.717) is 33.5 Å². The Morgan fingerprint density at radius 2 is 1.50 bits per heavy atom. The van der Waals surface area contributed by atoms with Gasteiger partial charge in [-0.05, 0) is 91.5 Å². The number of para-hydroxylation sites is 1. The first-order valence-corrected chi connectivity index (χ1v) is 13.6. The highest BCUT2D eigenvalue weighted by atomic mass is 32.1. The zero-order valence-corrected chi connectivity index (χ0v) is 22.8. The normalized spacial score (nSPS) is 25.2. The van der Waals surface area contributed by atoms with Crippen LogP contribution in [0.4, 0.5) is 0 Å². The molecule has 7 rings (SSSR count). The number of hydrogen-bond acceptors (Lipinski definition) is 6. The Bertz CT molecular complexity index is 1360. The minimum atomic E-state index is -0.323. The van der Waals surface area contributed by atoms with Crippen LogP contribution in [-0.4, -0.2) is 37.2 Å². The number of hydrazine groups is 1. The van der Waals surface area contributed by atoms with Crippen molar-refractivity contribution in [3.05, 3.63) is 59.3 Å². The summed E-state index contributed by atoms with van der Waals surface area (Å²) < 4.78 is 16.2. The van der Waals surface area contributed by atoms with Gasteiger partial charge in [-0.2, -0.15) is 0 Å². The van der Waals surface area contributed by atoms with Crippen molar-refractivity contribution in [2.45, 2.75) is 43.9 Å². The first kappa shape index (κ1) is 24.9. The Morgan fingerprint density at radius 1 is 0.895 bits per heavy atom. The predicted molar refractivity (Wildman–Crippen MR) is 150 cm³/mol. The second-order valence-electron chi connectivity index (χ2n) is 11.1. The number of pyridine rings is 1. The van der Waals surface area contributed by atoms with Crippen LogP contribution in [0, 0.1) is 17.8 Å². The van der Waals surface area contributed by atoms with Crippen LogP contribution in [0.25, 0.3) is 10.9 Å². The van der Waals surface area contributed by atoms with Crippen molar-refractivity contribution in [1.82, 2.24) is 15.8 Å². The van der Waals surface area contributed by atoms with E-state index in [4.69, 9.17) is 31.4 Å². The van der Waals surface area contributed by atoms with Gasteiger partial charge >= 0.3 is 0 Å². The topological polar surface area (TPSA) is 81.7 Å². The maximum absolute atomic E-state index is 13.4. The van der Waals surface area contributed by atoms with Crippen LogP contribution in [0.3, 0.4) is 0 Å². The molecule has 38 heavy (non-hydrogen) atoms. The van der Waals surface area contributed by atoms with E-state index < -0.39 is 0 Å². The summed E-state index contributed by atoms with van der Waals surface area (Å²) in [6.45, 7) is 0. The van der Waals surface area contributed by atoms with Gasteiger partial charge in [0.05, 0.1) is 26.8 Å². The molecule has 4 fully saturated rings. The van der Waals surface area contributed by atoms with Crippen molar-refractivity contribution >= 4 is 34.0 Å². The number of benzene rings is 2. The van der Waals surface area contributed by atoms with E-state index in [1.165, 1.54) is 49.5 Å². The van der Waals surface area contributed by atoms with E-state index in [0.717, 1.165) is 23.3 Å². The number of nitrogens with one attached hydrogen (secondary N) is 2. The lowest BCUT2D eigenvalue weighted by Crippen LogP contribution is -2.48. The summed E-state index contributed by atoms with van der Waals surface area (Å²) in [5, 5.41) is 1.17. The average molecular weight is 532 g/mol. The SMILES string of the molecule is COc1cc(C(=S)NNC(=O)c2cc(C34CC5CC(CC(C5)C3)C4)c3ccccc3n2)cc(OC)c1OC. The molecule has 0 atom stereocenters. The second-order valence-corrected chi connectivity index (χ2v) is 11.5. The van der Waals surface area contributed by atoms with Crippen molar-refractivity contribution < 1.29 is 19.0 Å². The molecule has 1 aromatic heterocycles. The Hall–Kier alpha value is -3.39. The van der Waals surface area contributed by atoms with E-state index in [-0.39, 0.29) is 11.3 Å². The number of carbonyl (C=O) groups is 1. The van der Waals surface area contributed by atoms with Crippen LogP contribution in [0.2, 0.25) is 0 Å². The smallest absolute Gasteiger partial charge is 0.288 e. The highest BCUT2D eigenvalue weighted by molar-refractivity contribution is 7.80. The number of ether oxygens (including phenoxy) is 3. The van der Waals surface area contributed by atoms with Crippen LogP contribution >= 0.6 is 12.2 Å². The first-order valence-electron chi connectivity index (χ1n) is 13.2. The minimum absolute atomic E-state index is 0.144. The van der Waals surface area contributed by atoms with E-state index >= 15 is 0 Å². The molecule has 4 bridgehead atoms. The van der Waals surface area contributed by atoms with Crippen molar-refractivity contribution in [2.24, 2.45) is 17.8 Å². The van der Waals surface area contributed by atoms with Gasteiger partial charge in [-0.15, -0.1) is 0 Å². The predicted octanol–water partition coefficient (Wildman–Crippen LogP) is 5.34. The summed E-state index contributed by atoms with van der Waals surface area (Å²) in [5.41, 5.74) is 8.95. The zero-order chi connectivity index (χ0) is 26.4. The van der Waals surface area contributed by atoms with Gasteiger partial charge in [0.15, 0.2) is 11.5 Å². The molecule has 8 heteroatoms. The van der Waals surface area contributed by atoms with Crippen LogP contribution in [0.5, 0.6) is 17.2 Å². The third-order valence-corrected chi connectivity index (χ3v) is 9.11. The molecule has 0 saturated heterocycles. The molecule has 2 aromatic carbocycles. The number of amides is 1. The molecule has 0 spiro atoms. The van der Waals surface area contributed by atoms with Crippen LogP contribution in [0.15, 0.2) is 42.5 Å². The number of methoxy groups -OCH3 is 3. The van der Waals surface area contributed by atoms with E-state index in [1.54, 1.807) is 33.5 Å². The van der Waals surface area contributed by atoms with Gasteiger partial charge in [0, 0.05) is 10.9 Å². The highest BCUT2D eigenvalue weighted by Gasteiger charge is 2.52. The third-order valence-electron chi connectivity index (χ3n) is 8.77. The van der Waals surface area contributed by atoms with Gasteiger partial charge in [-0.3, -0.25) is 15.6 Å². The number of hydrogen-bond donors (Lipinski definition) is 2. The lowest BCUT2D eigenvalue weighted by Gasteiger charge is -2.57. The standard InChI is InChI=1S/C30H33N3O4S/c1-35-25-11-20(12-26(36-2)27(25)37-3)29(38)33-32-28(34)24-13-22(21-6-4-5-7-23(21)31-24)30-14-17-8-18(15-30)10-19(9-17)16-30/h4-7,11-13,17-19H,8-10,14-16H2,1-3H3,(H,32,34)(H,33,38). The summed E-state index contributed by atoms with van der Waals surface area (Å²) in [6.07, 6.45) is 7.78. The molecule has 198 valence electrons. The largest absolute Gasteiger partial charge is 0.493 e. The third kappa shape index (κ3) is 4.25. The fraction of sp³-hybridized carbons (Fsp3) is 0.433. The van der Waals surface area contributed by atoms with Gasteiger partial charge < -0.3 is 14.2 Å². The molecule has 0 aliphatic heterocycles. The number of rotatable bonds is 6. The summed E-state index contributed by atoms with van der Waals surface area (Å²) >= 11 is 5.57. The van der Waals surface area contributed by atoms with Crippen LogP contribution in [0.1, 0.15) is 60.1 Å². The zero-order valence-electron chi connectivity index (χ0n) is 22.0. The molecular weight excluding hydrogens is 498 g/mol. The van der Waals surface area contributed by atoms with Crippen molar-refractivity contribution in [2.75, 3.05) is 21.3 Å². The van der Waals surface area contributed by atoms with Gasteiger partial charge in [-0.25, -0.2) is 4.98 Å². The van der Waals surface area contributed by atoms with E-state index in [9.17, 15) is 4.79 Å². The molecule has 4 aliphatic carbocycles. The van der Waals surface area contributed by atoms with E-state index in [1.807, 2.05) is 18.2 Å². The molecule has 3 aromatic rings. The number of fused-ring (bicyclic) bond motifs is 1. The van der Waals surface area contributed by atoms with Gasteiger partial charge in [-0.1, -0.05) is 30.4 Å². The molecule has 0 radical (unpaired) electrons. The molecular formula is C30H33N3O4S. The maximum atomic E-state index is 13.4. The summed E-state index contributed by atoms with van der Waals surface area (Å²) in [6, 6.07) is 13.7. The van der Waals surface area contributed by atoms with Crippen molar-refractivity contribution in [3.8, 4) is 17.2 Å². The number of carbonyl (C=O) groups excluding carboxylic acids is 1. The Kier molecular flexibility index (Phi) is 6.38. The molecule has 0 unspecified atom stereocenters.